The zero-order chi connectivity index (χ0) is 6.57. The van der Waals surface area contributed by atoms with Crippen LogP contribution < -0.4 is 0 Å². The molecular weight excluding hydrogens is 128 g/mol. The maximum atomic E-state index is 9.93. The van der Waals surface area contributed by atoms with Crippen molar-refractivity contribution in [1.82, 2.24) is 0 Å². The van der Waals surface area contributed by atoms with E-state index in [1.165, 1.54) is 7.11 Å². The standard InChI is InChI=1S/C4H8O3S/c1-7-2-3(8)4(5)6/h3,8H,2H2,1H3,(H,5,6). The van der Waals surface area contributed by atoms with Crippen molar-refractivity contribution in [2.75, 3.05) is 13.7 Å². The van der Waals surface area contributed by atoms with E-state index in [4.69, 9.17) is 5.11 Å². The first-order valence-electron chi connectivity index (χ1n) is 2.08. The number of carboxylic acids is 1. The summed E-state index contributed by atoms with van der Waals surface area (Å²) in [7, 11) is 1.44. The van der Waals surface area contributed by atoms with Gasteiger partial charge in [-0.05, 0) is 0 Å². The van der Waals surface area contributed by atoms with Gasteiger partial charge in [0.1, 0.15) is 5.25 Å². The largest absolute Gasteiger partial charge is 0.480 e. The Bertz CT molecular complexity index is 83.4. The number of ether oxygens (including phenoxy) is 1. The molecule has 0 aliphatic carbocycles. The van der Waals surface area contributed by atoms with E-state index in [2.05, 4.69) is 17.4 Å². The molecular formula is C4H8O3S. The fourth-order valence-electron chi connectivity index (χ4n) is 0.229. The highest BCUT2D eigenvalue weighted by molar-refractivity contribution is 7.81. The van der Waals surface area contributed by atoms with Crippen LogP contribution in [0, 0.1) is 0 Å². The summed E-state index contributed by atoms with van der Waals surface area (Å²) in [5, 5.41) is 7.46. The Labute approximate surface area is 53.1 Å². The van der Waals surface area contributed by atoms with Gasteiger partial charge in [-0.25, -0.2) is 0 Å². The maximum absolute atomic E-state index is 9.93. The van der Waals surface area contributed by atoms with Crippen molar-refractivity contribution >= 4 is 18.6 Å². The highest BCUT2D eigenvalue weighted by Crippen LogP contribution is 1.93. The number of rotatable bonds is 3. The van der Waals surface area contributed by atoms with E-state index in [1.807, 2.05) is 0 Å². The van der Waals surface area contributed by atoms with Gasteiger partial charge in [0.2, 0.25) is 0 Å². The second-order valence-electron chi connectivity index (χ2n) is 1.31. The Morgan fingerprint density at radius 1 is 2.00 bits per heavy atom. The fraction of sp³-hybridized carbons (Fsp3) is 0.750. The highest BCUT2D eigenvalue weighted by Gasteiger charge is 2.09. The maximum Gasteiger partial charge on any atom is 0.318 e. The molecule has 0 rings (SSSR count). The van der Waals surface area contributed by atoms with Crippen LogP contribution in [0.3, 0.4) is 0 Å². The van der Waals surface area contributed by atoms with Gasteiger partial charge in [-0.1, -0.05) is 0 Å². The summed E-state index contributed by atoms with van der Waals surface area (Å²) >= 11 is 3.68. The van der Waals surface area contributed by atoms with Crippen LogP contribution >= 0.6 is 12.6 Å². The van der Waals surface area contributed by atoms with Gasteiger partial charge in [-0.3, -0.25) is 4.79 Å². The summed E-state index contributed by atoms with van der Waals surface area (Å²) in [5.41, 5.74) is 0. The number of hydrogen-bond acceptors (Lipinski definition) is 3. The van der Waals surface area contributed by atoms with Gasteiger partial charge >= 0.3 is 5.97 Å². The number of carboxylic acid groups (broad SMARTS) is 1. The molecule has 1 N–H and O–H groups in total. The van der Waals surface area contributed by atoms with Crippen molar-refractivity contribution in [2.24, 2.45) is 0 Å². The number of carbonyl (C=O) groups is 1. The Balaban J connectivity index is 3.32. The number of methoxy groups -OCH3 is 1. The summed E-state index contributed by atoms with van der Waals surface area (Å²) in [6.45, 7) is 0.151. The molecule has 0 aromatic rings. The number of aliphatic carboxylic acids is 1. The van der Waals surface area contributed by atoms with Gasteiger partial charge < -0.3 is 9.84 Å². The van der Waals surface area contributed by atoms with Crippen LogP contribution in [0.5, 0.6) is 0 Å². The second kappa shape index (κ2) is 3.74. The third-order valence-corrected chi connectivity index (χ3v) is 0.980. The van der Waals surface area contributed by atoms with E-state index < -0.39 is 11.2 Å². The first-order chi connectivity index (χ1) is 3.68. The third-order valence-electron chi connectivity index (χ3n) is 0.610. The van der Waals surface area contributed by atoms with E-state index >= 15 is 0 Å². The van der Waals surface area contributed by atoms with Gasteiger partial charge in [-0.2, -0.15) is 12.6 Å². The summed E-state index contributed by atoms with van der Waals surface area (Å²) in [6, 6.07) is 0. The van der Waals surface area contributed by atoms with Crippen LogP contribution in [-0.2, 0) is 9.53 Å². The molecule has 0 amide bonds. The fourth-order valence-corrected chi connectivity index (χ4v) is 0.378. The molecule has 0 fully saturated rings. The van der Waals surface area contributed by atoms with E-state index in [9.17, 15) is 4.79 Å². The predicted molar refractivity (Wildman–Crippen MR) is 32.3 cm³/mol. The summed E-state index contributed by atoms with van der Waals surface area (Å²) in [4.78, 5) is 9.93. The zero-order valence-corrected chi connectivity index (χ0v) is 5.39. The number of hydrogen-bond donors (Lipinski definition) is 2. The SMILES string of the molecule is COCC(S)C(=O)O. The van der Waals surface area contributed by atoms with Gasteiger partial charge in [0.05, 0.1) is 6.61 Å². The van der Waals surface area contributed by atoms with E-state index in [-0.39, 0.29) is 6.61 Å². The average Bonchev–Trinajstić information content (AvgIpc) is 1.67. The molecule has 0 aromatic heterocycles. The highest BCUT2D eigenvalue weighted by atomic mass is 32.1. The molecule has 3 nitrogen and oxygen atoms in total. The van der Waals surface area contributed by atoms with Crippen molar-refractivity contribution in [3.8, 4) is 0 Å². The number of thiol groups is 1. The molecule has 1 unspecified atom stereocenters. The topological polar surface area (TPSA) is 46.5 Å². The van der Waals surface area contributed by atoms with Crippen LogP contribution in [0.1, 0.15) is 0 Å². The Hall–Kier alpha value is -0.220. The normalized spacial score (nSPS) is 13.2. The van der Waals surface area contributed by atoms with Gasteiger partial charge in [0.25, 0.3) is 0 Å². The molecule has 0 bridgehead atoms. The second-order valence-corrected chi connectivity index (χ2v) is 1.93. The molecule has 0 saturated carbocycles. The molecule has 8 heavy (non-hydrogen) atoms. The van der Waals surface area contributed by atoms with Crippen molar-refractivity contribution < 1.29 is 14.6 Å². The van der Waals surface area contributed by atoms with Crippen LogP contribution in [0.4, 0.5) is 0 Å². The minimum absolute atomic E-state index is 0.151. The molecule has 0 aromatic carbocycles. The smallest absolute Gasteiger partial charge is 0.318 e. The molecule has 48 valence electrons. The molecule has 0 saturated heterocycles. The first-order valence-corrected chi connectivity index (χ1v) is 2.60. The van der Waals surface area contributed by atoms with Crippen LogP contribution in [0.25, 0.3) is 0 Å². The minimum atomic E-state index is -0.949. The molecule has 0 aliphatic rings. The molecule has 0 heterocycles. The lowest BCUT2D eigenvalue weighted by molar-refractivity contribution is -0.137. The lowest BCUT2D eigenvalue weighted by atomic mass is 10.5. The molecule has 0 spiro atoms. The van der Waals surface area contributed by atoms with Crippen molar-refractivity contribution in [1.29, 1.82) is 0 Å². The monoisotopic (exact) mass is 136 g/mol. The summed E-state index contributed by atoms with van der Waals surface area (Å²) < 4.78 is 4.51. The van der Waals surface area contributed by atoms with Crippen molar-refractivity contribution in [3.05, 3.63) is 0 Å². The third kappa shape index (κ3) is 2.87. The lowest BCUT2D eigenvalue weighted by Gasteiger charge is -2.00. The van der Waals surface area contributed by atoms with E-state index in [0.29, 0.717) is 0 Å². The quantitative estimate of drug-likeness (QED) is 0.537. The van der Waals surface area contributed by atoms with Gasteiger partial charge in [0, 0.05) is 7.11 Å². The van der Waals surface area contributed by atoms with Crippen molar-refractivity contribution in [3.63, 3.8) is 0 Å². The molecule has 1 atom stereocenters. The van der Waals surface area contributed by atoms with Gasteiger partial charge in [-0.15, -0.1) is 0 Å². The summed E-state index contributed by atoms with van der Waals surface area (Å²) in [6.07, 6.45) is 0. The predicted octanol–water partition coefficient (Wildman–Crippen LogP) is 0.0158. The van der Waals surface area contributed by atoms with Crippen LogP contribution in [0.15, 0.2) is 0 Å². The molecule has 0 radical (unpaired) electrons. The van der Waals surface area contributed by atoms with Crippen LogP contribution in [-0.4, -0.2) is 30.0 Å². The lowest BCUT2D eigenvalue weighted by Crippen LogP contribution is -2.18. The minimum Gasteiger partial charge on any atom is -0.480 e. The molecule has 0 aliphatic heterocycles. The van der Waals surface area contributed by atoms with Gasteiger partial charge in [0.15, 0.2) is 0 Å². The Morgan fingerprint density at radius 3 is 2.62 bits per heavy atom. The Kier molecular flexibility index (Phi) is 3.64. The average molecular weight is 136 g/mol. The molecule has 4 heteroatoms. The van der Waals surface area contributed by atoms with E-state index in [1.54, 1.807) is 0 Å². The first kappa shape index (κ1) is 7.78. The van der Waals surface area contributed by atoms with Crippen molar-refractivity contribution in [2.45, 2.75) is 5.25 Å². The Morgan fingerprint density at radius 2 is 2.50 bits per heavy atom. The zero-order valence-electron chi connectivity index (χ0n) is 4.50. The van der Waals surface area contributed by atoms with Crippen LogP contribution in [0.2, 0.25) is 0 Å². The summed E-state index contributed by atoms with van der Waals surface area (Å²) in [5.74, 6) is -0.949. The van der Waals surface area contributed by atoms with E-state index in [0.717, 1.165) is 0 Å².